The van der Waals surface area contributed by atoms with Gasteiger partial charge in [-0.2, -0.15) is 18.3 Å². The smallest absolute Gasteiger partial charge is 0.416 e. The minimum Gasteiger partial charge on any atom is -0.494 e. The third-order valence-corrected chi connectivity index (χ3v) is 7.17. The van der Waals surface area contributed by atoms with E-state index in [2.05, 4.69) is 10.4 Å². The molecule has 0 bridgehead atoms. The van der Waals surface area contributed by atoms with E-state index in [4.69, 9.17) is 27.9 Å². The maximum absolute atomic E-state index is 13.7. The van der Waals surface area contributed by atoms with E-state index in [1.165, 1.54) is 36.5 Å². The number of rotatable bonds is 9. The summed E-state index contributed by atoms with van der Waals surface area (Å²) in [6.45, 7) is 3.83. The molecule has 2 heterocycles. The highest BCUT2D eigenvalue weighted by Crippen LogP contribution is 2.39. The van der Waals surface area contributed by atoms with Crippen molar-refractivity contribution in [3.8, 4) is 5.75 Å². The molecule has 0 spiro atoms. The van der Waals surface area contributed by atoms with E-state index in [1.807, 2.05) is 11.8 Å². The van der Waals surface area contributed by atoms with Crippen LogP contribution in [-0.4, -0.2) is 45.8 Å². The van der Waals surface area contributed by atoms with Crippen molar-refractivity contribution in [1.82, 2.24) is 19.7 Å². The number of carbonyl (C=O) groups is 1. The quantitative estimate of drug-likeness (QED) is 0.253. The average molecular weight is 578 g/mol. The van der Waals surface area contributed by atoms with Gasteiger partial charge in [-0.05, 0) is 62.3 Å². The van der Waals surface area contributed by atoms with Crippen LogP contribution in [0.2, 0.25) is 5.02 Å². The Balaban J connectivity index is 1.57. The number of benzene rings is 2. The molecule has 214 valence electrons. The number of halogens is 4. The van der Waals surface area contributed by atoms with Crippen LogP contribution in [0.5, 0.6) is 5.75 Å². The van der Waals surface area contributed by atoms with Crippen LogP contribution in [0, 0.1) is 6.92 Å². The Bertz CT molecular complexity index is 1430. The normalized spacial score (nSPS) is 14.2. The number of nitrogens with zero attached hydrogens (tertiary/aromatic N) is 4. The summed E-state index contributed by atoms with van der Waals surface area (Å²) < 4.78 is 48.2. The fraction of sp³-hybridized carbons (Fsp3) is 0.333. The van der Waals surface area contributed by atoms with Crippen molar-refractivity contribution in [2.45, 2.75) is 32.6 Å². The van der Waals surface area contributed by atoms with E-state index in [-0.39, 0.29) is 30.1 Å². The Kier molecular flexibility index (Phi) is 8.62. The van der Waals surface area contributed by atoms with Crippen LogP contribution in [0.3, 0.4) is 0 Å². The van der Waals surface area contributed by atoms with E-state index < -0.39 is 17.6 Å². The number of likely N-dealkylation sites (tertiary alicyclic amines) is 1. The first-order valence-electron chi connectivity index (χ1n) is 12.4. The molecular formula is C27H31ClF3N7O2. The number of aryl methyl sites for hydroxylation is 1. The number of hydrazine groups is 1. The number of methoxy groups -OCH3 is 1. The van der Waals surface area contributed by atoms with E-state index in [0.29, 0.717) is 21.8 Å². The molecule has 0 atom stereocenters. The summed E-state index contributed by atoms with van der Waals surface area (Å²) in [6.07, 6.45) is -0.461. The van der Waals surface area contributed by atoms with Crippen molar-refractivity contribution in [3.05, 3.63) is 81.3 Å². The lowest BCUT2D eigenvalue weighted by Gasteiger charge is -2.31. The van der Waals surface area contributed by atoms with Crippen molar-refractivity contribution in [1.29, 1.82) is 0 Å². The fourth-order valence-electron chi connectivity index (χ4n) is 4.39. The minimum absolute atomic E-state index is 0.0719. The van der Waals surface area contributed by atoms with Crippen molar-refractivity contribution in [2.75, 3.05) is 25.5 Å². The minimum atomic E-state index is -4.60. The molecule has 1 aliphatic heterocycles. The van der Waals surface area contributed by atoms with Crippen LogP contribution < -0.4 is 21.6 Å². The molecule has 0 radical (unpaired) electrons. The van der Waals surface area contributed by atoms with Gasteiger partial charge in [0.15, 0.2) is 0 Å². The molecule has 5 N–H and O–H groups in total. The summed E-state index contributed by atoms with van der Waals surface area (Å²) in [6, 6.07) is 6.47. The molecule has 1 saturated heterocycles. The molecule has 1 amide bonds. The first-order valence-corrected chi connectivity index (χ1v) is 12.8. The Morgan fingerprint density at radius 1 is 1.25 bits per heavy atom. The Morgan fingerprint density at radius 2 is 1.98 bits per heavy atom. The van der Waals surface area contributed by atoms with Gasteiger partial charge in [0.05, 0.1) is 36.8 Å². The summed E-state index contributed by atoms with van der Waals surface area (Å²) in [5, 5.41) is 8.43. The number of aromatic nitrogens is 2. The van der Waals surface area contributed by atoms with Gasteiger partial charge in [0.1, 0.15) is 5.75 Å². The molecule has 1 aromatic heterocycles. The highest BCUT2D eigenvalue weighted by Gasteiger charge is 2.33. The number of carbonyl (C=O) groups excluding carboxylic acids is 1. The summed E-state index contributed by atoms with van der Waals surface area (Å²) in [7, 11) is 3.16. The fourth-order valence-corrected chi connectivity index (χ4v) is 4.57. The second kappa shape index (κ2) is 11.8. The topological polar surface area (TPSA) is 115 Å². The molecule has 1 fully saturated rings. The van der Waals surface area contributed by atoms with Gasteiger partial charge in [-0.15, -0.1) is 0 Å². The van der Waals surface area contributed by atoms with Crippen molar-refractivity contribution in [3.63, 3.8) is 0 Å². The number of anilines is 1. The molecule has 3 aromatic rings. The zero-order valence-electron chi connectivity index (χ0n) is 22.3. The third kappa shape index (κ3) is 6.52. The standard InChI is InChI=1S/C27H31ClF3N7O2/c1-16-21(12-34-36(16)2)23(32)15-38(33)14-18-9-17(5-6-22(18)28)26(39)35-24-11-20(27(29,30)31)10-19(25(24)40-3)13-37-7-4-8-37/h5-6,9-12,15H,4,7-8,13-14,32-33H2,1-3H3,(H,35,39)/b23-15-. The highest BCUT2D eigenvalue weighted by atomic mass is 35.5. The number of nitrogens with two attached hydrogens (primary N) is 2. The first-order chi connectivity index (χ1) is 18.9. The number of nitrogens with one attached hydrogen (secondary N) is 1. The summed E-state index contributed by atoms with van der Waals surface area (Å²) in [5.41, 5.74) is 8.25. The number of hydrogen-bond acceptors (Lipinski definition) is 7. The second-order valence-electron chi connectivity index (χ2n) is 9.63. The Morgan fingerprint density at radius 3 is 2.55 bits per heavy atom. The van der Waals surface area contributed by atoms with Crippen molar-refractivity contribution < 1.29 is 22.7 Å². The third-order valence-electron chi connectivity index (χ3n) is 6.80. The summed E-state index contributed by atoms with van der Waals surface area (Å²) >= 11 is 6.37. The lowest BCUT2D eigenvalue weighted by atomic mass is 10.0. The monoisotopic (exact) mass is 577 g/mol. The number of alkyl halides is 3. The lowest BCUT2D eigenvalue weighted by Crippen LogP contribution is -2.36. The average Bonchev–Trinajstić information content (AvgIpc) is 3.19. The van der Waals surface area contributed by atoms with Crippen LogP contribution in [0.25, 0.3) is 5.70 Å². The largest absolute Gasteiger partial charge is 0.494 e. The van der Waals surface area contributed by atoms with E-state index in [1.54, 1.807) is 17.9 Å². The number of amides is 1. The lowest BCUT2D eigenvalue weighted by molar-refractivity contribution is -0.137. The molecule has 40 heavy (non-hydrogen) atoms. The van der Waals surface area contributed by atoms with Crippen LogP contribution in [0.4, 0.5) is 18.9 Å². The number of ether oxygens (including phenoxy) is 1. The van der Waals surface area contributed by atoms with Gasteiger partial charge in [-0.3, -0.25) is 14.4 Å². The molecule has 13 heteroatoms. The molecule has 0 saturated carbocycles. The van der Waals surface area contributed by atoms with Gasteiger partial charge in [-0.25, -0.2) is 5.84 Å². The molecule has 9 nitrogen and oxygen atoms in total. The van der Waals surface area contributed by atoms with Gasteiger partial charge in [0, 0.05) is 47.2 Å². The highest BCUT2D eigenvalue weighted by molar-refractivity contribution is 6.31. The zero-order valence-corrected chi connectivity index (χ0v) is 23.1. The van der Waals surface area contributed by atoms with Crippen LogP contribution in [-0.2, 0) is 26.3 Å². The van der Waals surface area contributed by atoms with Crippen molar-refractivity contribution >= 4 is 28.9 Å². The zero-order chi connectivity index (χ0) is 29.2. The van der Waals surface area contributed by atoms with Gasteiger partial charge in [0.2, 0.25) is 0 Å². The Hall–Kier alpha value is -3.74. The summed E-state index contributed by atoms with van der Waals surface area (Å²) in [4.78, 5) is 15.2. The van der Waals surface area contributed by atoms with Gasteiger partial charge >= 0.3 is 6.18 Å². The maximum atomic E-state index is 13.7. The first kappa shape index (κ1) is 29.2. The van der Waals surface area contributed by atoms with Gasteiger partial charge < -0.3 is 20.8 Å². The van der Waals surface area contributed by atoms with E-state index in [0.717, 1.165) is 42.9 Å². The van der Waals surface area contributed by atoms with Crippen LogP contribution in [0.15, 0.2) is 42.7 Å². The van der Waals surface area contributed by atoms with E-state index in [9.17, 15) is 18.0 Å². The molecule has 4 rings (SSSR count). The van der Waals surface area contributed by atoms with Gasteiger partial charge in [-0.1, -0.05) is 11.6 Å². The van der Waals surface area contributed by atoms with Crippen LogP contribution >= 0.6 is 11.6 Å². The molecule has 0 unspecified atom stereocenters. The predicted molar refractivity (Wildman–Crippen MR) is 147 cm³/mol. The van der Waals surface area contributed by atoms with Crippen molar-refractivity contribution in [2.24, 2.45) is 18.6 Å². The van der Waals surface area contributed by atoms with Gasteiger partial charge in [0.25, 0.3) is 5.91 Å². The Labute approximate surface area is 235 Å². The molecule has 2 aromatic carbocycles. The molecule has 1 aliphatic rings. The van der Waals surface area contributed by atoms with E-state index >= 15 is 0 Å². The SMILES string of the molecule is COc1c(CN2CCC2)cc(C(F)(F)F)cc1NC(=O)c1ccc(Cl)c(CN(N)/C=C(\N)c2cnn(C)c2C)c1. The predicted octanol–water partition coefficient (Wildman–Crippen LogP) is 4.50. The second-order valence-corrected chi connectivity index (χ2v) is 10.0. The number of hydrogen-bond donors (Lipinski definition) is 3. The maximum Gasteiger partial charge on any atom is 0.416 e. The summed E-state index contributed by atoms with van der Waals surface area (Å²) in [5.74, 6) is 5.70. The molecular weight excluding hydrogens is 547 g/mol. The van der Waals surface area contributed by atoms with Crippen LogP contribution in [0.1, 0.15) is 44.7 Å². The molecule has 0 aliphatic carbocycles.